The first kappa shape index (κ1) is 16.1. The van der Waals surface area contributed by atoms with Crippen LogP contribution in [-0.2, 0) is 9.36 Å². The average molecular weight is 294 g/mol. The van der Waals surface area contributed by atoms with Crippen LogP contribution in [-0.4, -0.2) is 27.0 Å². The Balaban J connectivity index is 0.000000221. The molecular weight excluding hydrogens is 279 g/mol. The van der Waals surface area contributed by atoms with Gasteiger partial charge in [-0.3, -0.25) is 9.36 Å². The van der Waals surface area contributed by atoms with E-state index in [0.29, 0.717) is 0 Å². The summed E-state index contributed by atoms with van der Waals surface area (Å²) in [6, 6.07) is 20.8. The molecule has 2 aromatic carbocycles. The molecule has 0 radical (unpaired) electrons. The highest BCUT2D eigenvalue weighted by Crippen LogP contribution is 2.33. The summed E-state index contributed by atoms with van der Waals surface area (Å²) in [5, 5.41) is 7.76. The first-order valence-electron chi connectivity index (χ1n) is 5.75. The predicted molar refractivity (Wildman–Crippen MR) is 76.4 cm³/mol. The maximum atomic E-state index is 9.76. The molecule has 0 bridgehead atoms. The van der Waals surface area contributed by atoms with Crippen molar-refractivity contribution in [3.05, 3.63) is 60.7 Å². The lowest BCUT2D eigenvalue weighted by atomic mass is 10.1. The molecule has 2 rings (SSSR count). The fourth-order valence-electron chi connectivity index (χ4n) is 1.44. The van der Waals surface area contributed by atoms with Gasteiger partial charge in [0, 0.05) is 0 Å². The second-order valence-corrected chi connectivity index (χ2v) is 5.59. The van der Waals surface area contributed by atoms with E-state index < -0.39 is 19.7 Å². The van der Waals surface area contributed by atoms with Crippen molar-refractivity contribution in [1.29, 1.82) is 0 Å². The van der Waals surface area contributed by atoms with Gasteiger partial charge in [-0.25, -0.2) is 0 Å². The maximum absolute atomic E-state index is 9.76. The van der Waals surface area contributed by atoms with Gasteiger partial charge >= 0.3 is 13.6 Å². The molecule has 0 atom stereocenters. The standard InChI is InChI=1S/C12H10.C2H5O5P/c1-3-7-11(8-4-1)12-9-5-2-6-10-12;3-2(4)1-8(5,6)7/h1-10H;1H2,(H,3,4)(H2,5,6,7). The molecule has 0 saturated carbocycles. The van der Waals surface area contributed by atoms with Crippen molar-refractivity contribution in [2.45, 2.75) is 0 Å². The Morgan fingerprint density at radius 2 is 1.20 bits per heavy atom. The summed E-state index contributed by atoms with van der Waals surface area (Å²) in [4.78, 5) is 25.4. The molecule has 0 unspecified atom stereocenters. The minimum Gasteiger partial charge on any atom is -0.481 e. The molecule has 0 amide bonds. The van der Waals surface area contributed by atoms with Gasteiger partial charge in [0.2, 0.25) is 0 Å². The van der Waals surface area contributed by atoms with E-state index in [9.17, 15) is 9.36 Å². The summed E-state index contributed by atoms with van der Waals surface area (Å²) >= 11 is 0. The van der Waals surface area contributed by atoms with Crippen molar-refractivity contribution >= 4 is 13.6 Å². The predicted octanol–water partition coefficient (Wildman–Crippen LogP) is 2.60. The molecule has 2 aromatic rings. The van der Waals surface area contributed by atoms with Crippen LogP contribution in [0.15, 0.2) is 60.7 Å². The quantitative estimate of drug-likeness (QED) is 0.756. The minimum atomic E-state index is -4.32. The van der Waals surface area contributed by atoms with E-state index in [0.717, 1.165) is 0 Å². The Kier molecular flexibility index (Phi) is 6.12. The van der Waals surface area contributed by atoms with Crippen LogP contribution in [0.5, 0.6) is 0 Å². The number of carbonyl (C=O) groups is 1. The molecule has 0 aromatic heterocycles. The summed E-state index contributed by atoms with van der Waals surface area (Å²) < 4.78 is 9.76. The molecule has 0 spiro atoms. The van der Waals surface area contributed by atoms with Gasteiger partial charge in [0.05, 0.1) is 0 Å². The van der Waals surface area contributed by atoms with Gasteiger partial charge in [0.25, 0.3) is 0 Å². The first-order valence-corrected chi connectivity index (χ1v) is 7.55. The fraction of sp³-hybridized carbons (Fsp3) is 0.0714. The van der Waals surface area contributed by atoms with E-state index in [2.05, 4.69) is 48.5 Å². The molecule has 5 nitrogen and oxygen atoms in total. The first-order chi connectivity index (χ1) is 9.38. The van der Waals surface area contributed by atoms with Crippen LogP contribution in [0.1, 0.15) is 0 Å². The molecule has 106 valence electrons. The largest absolute Gasteiger partial charge is 0.481 e. The van der Waals surface area contributed by atoms with Crippen LogP contribution in [0, 0.1) is 0 Å². The van der Waals surface area contributed by atoms with Gasteiger partial charge in [0.1, 0.15) is 6.16 Å². The highest BCUT2D eigenvalue weighted by Gasteiger charge is 2.17. The second-order valence-electron chi connectivity index (χ2n) is 3.95. The Morgan fingerprint density at radius 3 is 1.40 bits per heavy atom. The Morgan fingerprint density at radius 1 is 0.850 bits per heavy atom. The van der Waals surface area contributed by atoms with E-state index >= 15 is 0 Å². The highest BCUT2D eigenvalue weighted by atomic mass is 31.2. The number of carboxylic acid groups (broad SMARTS) is 1. The van der Waals surface area contributed by atoms with Crippen molar-refractivity contribution in [3.63, 3.8) is 0 Å². The molecule has 3 N–H and O–H groups in total. The fourth-order valence-corrected chi connectivity index (χ4v) is 1.79. The summed E-state index contributed by atoms with van der Waals surface area (Å²) in [7, 11) is -4.32. The molecule has 0 aliphatic carbocycles. The summed E-state index contributed by atoms with van der Waals surface area (Å²) in [5.41, 5.74) is 2.55. The van der Waals surface area contributed by atoms with Crippen molar-refractivity contribution in [1.82, 2.24) is 0 Å². The lowest BCUT2D eigenvalue weighted by Crippen LogP contribution is -2.01. The lowest BCUT2D eigenvalue weighted by Gasteiger charge is -1.98. The Bertz CT molecular complexity index is 540. The van der Waals surface area contributed by atoms with Crippen molar-refractivity contribution in [2.24, 2.45) is 0 Å². The van der Waals surface area contributed by atoms with Crippen LogP contribution in [0.2, 0.25) is 0 Å². The highest BCUT2D eigenvalue weighted by molar-refractivity contribution is 7.52. The van der Waals surface area contributed by atoms with E-state index in [1.165, 1.54) is 11.1 Å². The van der Waals surface area contributed by atoms with Crippen molar-refractivity contribution in [2.75, 3.05) is 6.16 Å². The zero-order valence-electron chi connectivity index (χ0n) is 10.6. The van der Waals surface area contributed by atoms with Crippen LogP contribution in [0.25, 0.3) is 11.1 Å². The van der Waals surface area contributed by atoms with Crippen molar-refractivity contribution in [3.8, 4) is 11.1 Å². The molecule has 0 aliphatic rings. The zero-order chi connectivity index (χ0) is 15.0. The molecule has 0 fully saturated rings. The second kappa shape index (κ2) is 7.60. The normalized spacial score (nSPS) is 10.3. The van der Waals surface area contributed by atoms with Gasteiger partial charge in [-0.1, -0.05) is 60.7 Å². The Labute approximate surface area is 116 Å². The van der Waals surface area contributed by atoms with Gasteiger partial charge in [-0.15, -0.1) is 0 Å². The maximum Gasteiger partial charge on any atom is 0.336 e. The smallest absolute Gasteiger partial charge is 0.336 e. The lowest BCUT2D eigenvalue weighted by molar-refractivity contribution is -0.134. The number of carboxylic acids is 1. The third kappa shape index (κ3) is 6.85. The molecule has 0 heterocycles. The molecule has 0 saturated heterocycles. The van der Waals surface area contributed by atoms with E-state index in [1.807, 2.05) is 12.1 Å². The molecule has 0 aliphatic heterocycles. The van der Waals surface area contributed by atoms with Crippen LogP contribution < -0.4 is 0 Å². The van der Waals surface area contributed by atoms with Crippen LogP contribution in [0.3, 0.4) is 0 Å². The van der Waals surface area contributed by atoms with E-state index in [4.69, 9.17) is 14.9 Å². The molecule has 6 heteroatoms. The summed E-state index contributed by atoms with van der Waals surface area (Å²) in [5.74, 6) is -1.49. The topological polar surface area (TPSA) is 94.8 Å². The minimum absolute atomic E-state index is 1.09. The van der Waals surface area contributed by atoms with Crippen LogP contribution in [0.4, 0.5) is 0 Å². The van der Waals surface area contributed by atoms with Crippen LogP contribution >= 0.6 is 7.60 Å². The van der Waals surface area contributed by atoms with Gasteiger partial charge < -0.3 is 14.9 Å². The van der Waals surface area contributed by atoms with Gasteiger partial charge in [-0.05, 0) is 11.1 Å². The number of benzene rings is 2. The Hall–Kier alpha value is -1.94. The summed E-state index contributed by atoms with van der Waals surface area (Å²) in [6.45, 7) is 0. The number of aliphatic carboxylic acids is 1. The molecular formula is C14H15O5P. The van der Waals surface area contributed by atoms with Crippen molar-refractivity contribution < 1.29 is 24.3 Å². The van der Waals surface area contributed by atoms with Gasteiger partial charge in [-0.2, -0.15) is 0 Å². The third-order valence-electron chi connectivity index (χ3n) is 2.22. The number of rotatable bonds is 3. The SMILES string of the molecule is O=C(O)CP(=O)(O)O.c1ccc(-c2ccccc2)cc1. The molecule has 20 heavy (non-hydrogen) atoms. The average Bonchev–Trinajstić information content (AvgIpc) is 2.39. The van der Waals surface area contributed by atoms with Gasteiger partial charge in [0.15, 0.2) is 0 Å². The van der Waals surface area contributed by atoms with E-state index in [1.54, 1.807) is 0 Å². The number of hydrogen-bond donors (Lipinski definition) is 3. The summed E-state index contributed by atoms with van der Waals surface area (Å²) in [6.07, 6.45) is -1.09. The number of hydrogen-bond acceptors (Lipinski definition) is 2. The monoisotopic (exact) mass is 294 g/mol. The zero-order valence-corrected chi connectivity index (χ0v) is 11.5. The van der Waals surface area contributed by atoms with E-state index in [-0.39, 0.29) is 0 Å². The third-order valence-corrected chi connectivity index (χ3v) is 2.90.